The molecular weight excluding hydrogens is 323 g/mol. The van der Waals surface area contributed by atoms with Crippen molar-refractivity contribution in [1.82, 2.24) is 0 Å². The van der Waals surface area contributed by atoms with Crippen LogP contribution in [-0.4, -0.2) is 11.7 Å². The van der Waals surface area contributed by atoms with Gasteiger partial charge >= 0.3 is 17.9 Å². The Morgan fingerprint density at radius 2 is 1.75 bits per heavy atom. The number of carbonyl (C=O) groups is 1. The van der Waals surface area contributed by atoms with Gasteiger partial charge in [-0.2, -0.15) is 13.2 Å². The Hall–Kier alpha value is -2.83. The quantitative estimate of drug-likeness (QED) is 0.745. The Kier molecular flexibility index (Phi) is 2.97. The number of alkyl halides is 3. The summed E-state index contributed by atoms with van der Waals surface area (Å²) in [4.78, 5) is 17.3. The van der Waals surface area contributed by atoms with Crippen LogP contribution in [0.2, 0.25) is 0 Å². The topological polar surface area (TPSA) is 47.9 Å². The van der Waals surface area contributed by atoms with Crippen LogP contribution in [0.25, 0.3) is 0 Å². The molecule has 122 valence electrons. The van der Waals surface area contributed by atoms with E-state index in [2.05, 4.69) is 5.16 Å². The lowest BCUT2D eigenvalue weighted by molar-refractivity contribution is -0.186. The van der Waals surface area contributed by atoms with Crippen LogP contribution in [-0.2, 0) is 21.5 Å². The van der Waals surface area contributed by atoms with E-state index in [0.29, 0.717) is 22.4 Å². The number of rotatable bonds is 1. The molecule has 4 rings (SSSR count). The van der Waals surface area contributed by atoms with Crippen LogP contribution in [0.1, 0.15) is 33.5 Å². The van der Waals surface area contributed by atoms with E-state index in [4.69, 9.17) is 9.57 Å². The van der Waals surface area contributed by atoms with Crippen molar-refractivity contribution < 1.29 is 27.5 Å². The van der Waals surface area contributed by atoms with Gasteiger partial charge in [-0.15, -0.1) is 0 Å². The van der Waals surface area contributed by atoms with Crippen molar-refractivity contribution in [2.24, 2.45) is 5.16 Å². The van der Waals surface area contributed by atoms with Crippen molar-refractivity contribution in [3.05, 3.63) is 70.8 Å². The Bertz CT molecular complexity index is 858. The van der Waals surface area contributed by atoms with Crippen molar-refractivity contribution in [2.75, 3.05) is 0 Å². The molecule has 1 spiro atoms. The molecule has 0 fully saturated rings. The summed E-state index contributed by atoms with van der Waals surface area (Å²) in [5.41, 5.74) is 1.15. The van der Waals surface area contributed by atoms with E-state index in [-0.39, 0.29) is 6.42 Å². The van der Waals surface area contributed by atoms with E-state index in [0.717, 1.165) is 12.1 Å². The lowest BCUT2D eigenvalue weighted by Gasteiger charge is -2.19. The second-order valence-electron chi connectivity index (χ2n) is 5.57. The molecule has 2 heterocycles. The molecule has 2 aromatic carbocycles. The monoisotopic (exact) mass is 333 g/mol. The Morgan fingerprint density at radius 1 is 1.04 bits per heavy atom. The van der Waals surface area contributed by atoms with Crippen molar-refractivity contribution in [3.8, 4) is 0 Å². The molecule has 0 bridgehead atoms. The number of esters is 1. The molecule has 2 aliphatic heterocycles. The fourth-order valence-corrected chi connectivity index (χ4v) is 2.87. The van der Waals surface area contributed by atoms with Gasteiger partial charge in [0.1, 0.15) is 0 Å². The van der Waals surface area contributed by atoms with Crippen LogP contribution in [0.4, 0.5) is 13.2 Å². The summed E-state index contributed by atoms with van der Waals surface area (Å²) in [7, 11) is 0. The minimum atomic E-state index is -4.40. The van der Waals surface area contributed by atoms with Crippen molar-refractivity contribution in [2.45, 2.75) is 18.4 Å². The highest BCUT2D eigenvalue weighted by Gasteiger charge is 2.52. The summed E-state index contributed by atoms with van der Waals surface area (Å²) in [5.74, 6) is -1.83. The number of benzene rings is 2. The van der Waals surface area contributed by atoms with Gasteiger partial charge in [0.25, 0.3) is 0 Å². The Morgan fingerprint density at radius 3 is 2.46 bits per heavy atom. The zero-order chi connectivity index (χ0) is 16.9. The second kappa shape index (κ2) is 4.83. The van der Waals surface area contributed by atoms with Crippen molar-refractivity contribution in [1.29, 1.82) is 0 Å². The number of nitrogens with zero attached hydrogens (tertiary/aromatic N) is 1. The number of halogens is 3. The number of fused-ring (bicyclic) bond motifs is 2. The third kappa shape index (κ3) is 2.16. The molecule has 0 radical (unpaired) electrons. The van der Waals surface area contributed by atoms with E-state index in [1.807, 2.05) is 0 Å². The SMILES string of the molecule is O=C1OC2(CC(c3ccc(C(F)(F)F)cc3)=NO2)c2ccccc21. The van der Waals surface area contributed by atoms with Crippen LogP contribution in [0.3, 0.4) is 0 Å². The number of ether oxygens (including phenoxy) is 1. The van der Waals surface area contributed by atoms with Gasteiger partial charge < -0.3 is 9.57 Å². The molecule has 2 aromatic rings. The largest absolute Gasteiger partial charge is 0.416 e. The average molecular weight is 333 g/mol. The predicted octanol–water partition coefficient (Wildman–Crippen LogP) is 3.85. The second-order valence-corrected chi connectivity index (χ2v) is 5.57. The lowest BCUT2D eigenvalue weighted by Crippen LogP contribution is -2.26. The van der Waals surface area contributed by atoms with E-state index >= 15 is 0 Å². The first kappa shape index (κ1) is 14.7. The Balaban J connectivity index is 1.63. The maximum absolute atomic E-state index is 12.6. The van der Waals surface area contributed by atoms with Gasteiger partial charge in [0, 0.05) is 0 Å². The molecule has 24 heavy (non-hydrogen) atoms. The molecule has 1 unspecified atom stereocenters. The van der Waals surface area contributed by atoms with Crippen LogP contribution in [0.15, 0.2) is 53.7 Å². The molecule has 2 aliphatic rings. The van der Waals surface area contributed by atoms with E-state index in [1.165, 1.54) is 12.1 Å². The maximum Gasteiger partial charge on any atom is 0.416 e. The summed E-state index contributed by atoms with van der Waals surface area (Å²) < 4.78 is 43.3. The number of hydrogen-bond acceptors (Lipinski definition) is 4. The molecule has 0 saturated heterocycles. The fraction of sp³-hybridized carbons (Fsp3) is 0.176. The number of hydrogen-bond donors (Lipinski definition) is 0. The fourth-order valence-electron chi connectivity index (χ4n) is 2.87. The smallest absolute Gasteiger partial charge is 0.412 e. The summed E-state index contributed by atoms with van der Waals surface area (Å²) >= 11 is 0. The lowest BCUT2D eigenvalue weighted by atomic mass is 9.95. The zero-order valence-electron chi connectivity index (χ0n) is 12.1. The molecule has 4 nitrogen and oxygen atoms in total. The number of carbonyl (C=O) groups excluding carboxylic acids is 1. The number of oxime groups is 1. The first-order valence-electron chi connectivity index (χ1n) is 7.15. The van der Waals surface area contributed by atoms with Crippen molar-refractivity contribution in [3.63, 3.8) is 0 Å². The van der Waals surface area contributed by atoms with Gasteiger partial charge in [0.05, 0.1) is 28.8 Å². The average Bonchev–Trinajstić information content (AvgIpc) is 3.10. The highest BCUT2D eigenvalue weighted by Crippen LogP contribution is 2.44. The molecule has 0 saturated carbocycles. The predicted molar refractivity (Wildman–Crippen MR) is 77.2 cm³/mol. The summed E-state index contributed by atoms with van der Waals surface area (Å²) in [6.45, 7) is 0. The molecule has 0 N–H and O–H groups in total. The maximum atomic E-state index is 12.6. The van der Waals surface area contributed by atoms with E-state index < -0.39 is 23.5 Å². The van der Waals surface area contributed by atoms with Crippen LogP contribution in [0.5, 0.6) is 0 Å². The summed E-state index contributed by atoms with van der Waals surface area (Å²) in [6, 6.07) is 11.4. The van der Waals surface area contributed by atoms with Gasteiger partial charge in [-0.25, -0.2) is 4.79 Å². The first-order chi connectivity index (χ1) is 11.4. The highest BCUT2D eigenvalue weighted by atomic mass is 19.4. The minimum Gasteiger partial charge on any atom is -0.412 e. The minimum absolute atomic E-state index is 0.140. The van der Waals surface area contributed by atoms with Gasteiger partial charge in [-0.3, -0.25) is 0 Å². The van der Waals surface area contributed by atoms with Crippen LogP contribution < -0.4 is 0 Å². The molecule has 7 heteroatoms. The van der Waals surface area contributed by atoms with Crippen molar-refractivity contribution >= 4 is 11.7 Å². The highest BCUT2D eigenvalue weighted by molar-refractivity contribution is 6.03. The molecule has 0 aromatic heterocycles. The van der Waals surface area contributed by atoms with Gasteiger partial charge in [-0.1, -0.05) is 35.5 Å². The third-order valence-corrected chi connectivity index (χ3v) is 4.06. The summed E-state index contributed by atoms with van der Waals surface area (Å²) in [5, 5.41) is 3.92. The van der Waals surface area contributed by atoms with Gasteiger partial charge in [0.2, 0.25) is 0 Å². The van der Waals surface area contributed by atoms with E-state index in [9.17, 15) is 18.0 Å². The van der Waals surface area contributed by atoms with E-state index in [1.54, 1.807) is 24.3 Å². The molecular formula is C17H10F3NO3. The third-order valence-electron chi connectivity index (χ3n) is 4.06. The molecule has 1 atom stereocenters. The molecule has 0 amide bonds. The Labute approximate surface area is 134 Å². The van der Waals surface area contributed by atoms with Crippen LogP contribution in [0, 0.1) is 0 Å². The molecule has 0 aliphatic carbocycles. The van der Waals surface area contributed by atoms with Gasteiger partial charge in [0.15, 0.2) is 0 Å². The zero-order valence-corrected chi connectivity index (χ0v) is 12.1. The summed E-state index contributed by atoms with van der Waals surface area (Å²) in [6.07, 6.45) is -4.26. The van der Waals surface area contributed by atoms with Gasteiger partial charge in [-0.05, 0) is 23.8 Å². The standard InChI is InChI=1S/C17H10F3NO3/c18-17(19,20)11-7-5-10(6-8-11)14-9-16(24-21-14)13-4-2-1-3-12(13)15(22)23-16/h1-8H,9H2. The van der Waals surface area contributed by atoms with Crippen LogP contribution >= 0.6 is 0 Å². The normalized spacial score (nSPS) is 22.1. The first-order valence-corrected chi connectivity index (χ1v) is 7.15.